The summed E-state index contributed by atoms with van der Waals surface area (Å²) in [6.07, 6.45) is 25.1. The van der Waals surface area contributed by atoms with Crippen LogP contribution in [0, 0.1) is 13.8 Å². The fraction of sp³-hybridized carbons (Fsp3) is 0.739. The summed E-state index contributed by atoms with van der Waals surface area (Å²) in [6.45, 7) is 8.18. The highest BCUT2D eigenvalue weighted by Gasteiger charge is 2.27. The largest absolute Gasteiger partial charge is 0.472 e. The lowest BCUT2D eigenvalue weighted by Crippen LogP contribution is -2.37. The third-order valence-electron chi connectivity index (χ3n) is 10.0. The normalized spacial score (nSPS) is 14.9. The second-order valence-corrected chi connectivity index (χ2v) is 18.1. The van der Waals surface area contributed by atoms with Gasteiger partial charge in [0.25, 0.3) is 0 Å². The number of esters is 2. The molecule has 0 saturated heterocycles. The number of aryl methyl sites for hydroxylation is 2. The van der Waals surface area contributed by atoms with Crippen molar-refractivity contribution in [3.8, 4) is 0 Å². The van der Waals surface area contributed by atoms with Gasteiger partial charge in [-0.2, -0.15) is 0 Å². The Balaban J connectivity index is 2.48. The lowest BCUT2D eigenvalue weighted by atomic mass is 10.0. The molecule has 4 atom stereocenters. The standard InChI is InChI=1S/C46H80NO11P/c1-8-10-11-12-13-14-15-16-17-18-21-24-29-41(48)42(49)30-27-33-46(51)57-40(37-56-59(52,53)55-35-34-47(5,6)7)36-54-45(50)32-26-23-20-19-22-25-31-44-39(4)38(3)43(58-44)28-9-2/h13-14,16-17,21,24,40-42,48-49H,8-12,15,18-20,22-23,25-37H2,1-7H3/p+1/b14-13-,17-16-,24-21-/t40-,41?,42?/m1/s1. The van der Waals surface area contributed by atoms with Gasteiger partial charge in [-0.1, -0.05) is 88.8 Å². The van der Waals surface area contributed by atoms with Gasteiger partial charge in [0.05, 0.1) is 40.0 Å². The zero-order valence-corrected chi connectivity index (χ0v) is 38.6. The van der Waals surface area contributed by atoms with Gasteiger partial charge in [0.1, 0.15) is 31.3 Å². The number of carbonyl (C=O) groups is 2. The summed E-state index contributed by atoms with van der Waals surface area (Å²) in [6, 6.07) is 0. The molecule has 1 heterocycles. The summed E-state index contributed by atoms with van der Waals surface area (Å²) < 4.78 is 40.2. The van der Waals surface area contributed by atoms with Gasteiger partial charge in [-0.15, -0.1) is 0 Å². The lowest BCUT2D eigenvalue weighted by molar-refractivity contribution is -0.870. The van der Waals surface area contributed by atoms with Crippen LogP contribution in [0.3, 0.4) is 0 Å². The molecule has 340 valence electrons. The first-order chi connectivity index (χ1) is 28.1. The molecule has 59 heavy (non-hydrogen) atoms. The fourth-order valence-corrected chi connectivity index (χ4v) is 6.90. The van der Waals surface area contributed by atoms with Crippen molar-refractivity contribution in [2.45, 2.75) is 174 Å². The van der Waals surface area contributed by atoms with Crippen molar-refractivity contribution in [1.82, 2.24) is 0 Å². The number of furan rings is 1. The van der Waals surface area contributed by atoms with Crippen molar-refractivity contribution < 1.29 is 56.7 Å². The maximum absolute atomic E-state index is 12.8. The number of likely N-dealkylation sites (N-methyl/N-ethyl adjacent to an activating group) is 1. The Morgan fingerprint density at radius 1 is 0.712 bits per heavy atom. The number of allylic oxidation sites excluding steroid dienone is 5. The van der Waals surface area contributed by atoms with Gasteiger partial charge >= 0.3 is 19.8 Å². The lowest BCUT2D eigenvalue weighted by Gasteiger charge is -2.24. The first kappa shape index (κ1) is 54.4. The predicted molar refractivity (Wildman–Crippen MR) is 235 cm³/mol. The Bertz CT molecular complexity index is 1410. The molecule has 0 radical (unpaired) electrons. The van der Waals surface area contributed by atoms with Crippen molar-refractivity contribution in [3.63, 3.8) is 0 Å². The highest BCUT2D eigenvalue weighted by Crippen LogP contribution is 2.43. The Kier molecular flexibility index (Phi) is 29.7. The van der Waals surface area contributed by atoms with Crippen LogP contribution in [0.5, 0.6) is 0 Å². The zero-order valence-electron chi connectivity index (χ0n) is 37.7. The van der Waals surface area contributed by atoms with E-state index in [1.807, 2.05) is 33.3 Å². The van der Waals surface area contributed by atoms with E-state index in [1.165, 1.54) is 30.4 Å². The van der Waals surface area contributed by atoms with Crippen molar-refractivity contribution in [2.24, 2.45) is 0 Å². The van der Waals surface area contributed by atoms with Crippen LogP contribution < -0.4 is 0 Å². The number of hydrogen-bond acceptors (Lipinski definition) is 10. The van der Waals surface area contributed by atoms with E-state index in [9.17, 15) is 29.3 Å². The Hall–Kier alpha value is -2.57. The number of hydrogen-bond donors (Lipinski definition) is 3. The summed E-state index contributed by atoms with van der Waals surface area (Å²) >= 11 is 0. The maximum atomic E-state index is 12.8. The van der Waals surface area contributed by atoms with E-state index in [0.29, 0.717) is 17.4 Å². The summed E-state index contributed by atoms with van der Waals surface area (Å²) in [4.78, 5) is 35.5. The number of quaternary nitrogens is 1. The van der Waals surface area contributed by atoms with Gasteiger partial charge < -0.3 is 33.5 Å². The molecule has 12 nitrogen and oxygen atoms in total. The third kappa shape index (κ3) is 28.6. The molecular weight excluding hydrogens is 773 g/mol. The van der Waals surface area contributed by atoms with Crippen LogP contribution in [0.2, 0.25) is 0 Å². The number of ether oxygens (including phenoxy) is 2. The highest BCUT2D eigenvalue weighted by atomic mass is 31.2. The monoisotopic (exact) mass is 855 g/mol. The minimum Gasteiger partial charge on any atom is -0.466 e. The average molecular weight is 855 g/mol. The van der Waals surface area contributed by atoms with Crippen LogP contribution in [0.1, 0.15) is 152 Å². The number of phosphoric ester groups is 1. The molecule has 1 aromatic heterocycles. The summed E-state index contributed by atoms with van der Waals surface area (Å²) in [5.74, 6) is 1.09. The molecule has 0 aliphatic heterocycles. The fourth-order valence-electron chi connectivity index (χ4n) is 6.16. The van der Waals surface area contributed by atoms with E-state index in [4.69, 9.17) is 22.9 Å². The molecule has 0 spiro atoms. The smallest absolute Gasteiger partial charge is 0.466 e. The molecule has 3 unspecified atom stereocenters. The second-order valence-electron chi connectivity index (χ2n) is 16.6. The first-order valence-corrected chi connectivity index (χ1v) is 23.7. The second kappa shape index (κ2) is 32.2. The molecule has 1 aromatic rings. The van der Waals surface area contributed by atoms with Crippen molar-refractivity contribution in [3.05, 3.63) is 59.1 Å². The van der Waals surface area contributed by atoms with E-state index in [-0.39, 0.29) is 45.3 Å². The molecular formula is C46H81NO11P+. The SMILES string of the molecule is CCCCC/C=C\C/C=C\C/C=C\CC(O)C(O)CCCC(=O)O[C@H](COC(=O)CCCCCCCCc1oc(CCC)c(C)c1C)COP(=O)(O)OCC[N+](C)(C)C. The summed E-state index contributed by atoms with van der Waals surface area (Å²) in [7, 11) is 1.27. The molecule has 0 aliphatic carbocycles. The van der Waals surface area contributed by atoms with Crippen LogP contribution in [0.4, 0.5) is 0 Å². The highest BCUT2D eigenvalue weighted by molar-refractivity contribution is 7.47. The number of nitrogens with zero attached hydrogens (tertiary/aromatic N) is 1. The van der Waals surface area contributed by atoms with Crippen LogP contribution in [0.25, 0.3) is 0 Å². The molecule has 1 rings (SSSR count). The van der Waals surface area contributed by atoms with E-state index >= 15 is 0 Å². The van der Waals surface area contributed by atoms with Gasteiger partial charge in [-0.05, 0) is 89.2 Å². The minimum atomic E-state index is -4.47. The van der Waals surface area contributed by atoms with Gasteiger partial charge in [-0.3, -0.25) is 18.6 Å². The van der Waals surface area contributed by atoms with Crippen LogP contribution in [-0.4, -0.2) is 97.3 Å². The van der Waals surface area contributed by atoms with E-state index in [2.05, 4.69) is 52.0 Å². The molecule has 0 aromatic carbocycles. The summed E-state index contributed by atoms with van der Waals surface area (Å²) in [5.41, 5.74) is 2.55. The number of aliphatic hydroxyl groups is 2. The first-order valence-electron chi connectivity index (χ1n) is 22.2. The van der Waals surface area contributed by atoms with E-state index < -0.39 is 44.7 Å². The number of carbonyl (C=O) groups excluding carboxylic acids is 2. The van der Waals surface area contributed by atoms with Gasteiger partial charge in [0, 0.05) is 25.7 Å². The third-order valence-corrected chi connectivity index (χ3v) is 11.0. The Labute approximate surface area is 356 Å². The minimum absolute atomic E-state index is 0.0297. The van der Waals surface area contributed by atoms with E-state index in [1.54, 1.807) is 0 Å². The molecule has 0 aliphatic rings. The van der Waals surface area contributed by atoms with Gasteiger partial charge in [0.15, 0.2) is 6.10 Å². The van der Waals surface area contributed by atoms with Crippen molar-refractivity contribution in [2.75, 3.05) is 47.5 Å². The van der Waals surface area contributed by atoms with Crippen molar-refractivity contribution >= 4 is 19.8 Å². The van der Waals surface area contributed by atoms with Crippen LogP contribution in [0.15, 0.2) is 40.9 Å². The summed E-state index contributed by atoms with van der Waals surface area (Å²) in [5, 5.41) is 20.8. The van der Waals surface area contributed by atoms with Gasteiger partial charge in [-0.25, -0.2) is 4.57 Å². The zero-order chi connectivity index (χ0) is 43.9. The maximum Gasteiger partial charge on any atom is 0.472 e. The van der Waals surface area contributed by atoms with E-state index in [0.717, 1.165) is 82.1 Å². The van der Waals surface area contributed by atoms with Crippen molar-refractivity contribution in [1.29, 1.82) is 0 Å². The van der Waals surface area contributed by atoms with Crippen LogP contribution in [-0.2, 0) is 45.5 Å². The number of aliphatic hydroxyl groups excluding tert-OH is 2. The molecule has 0 fully saturated rings. The molecule has 0 amide bonds. The number of rotatable bonds is 36. The Morgan fingerprint density at radius 2 is 1.32 bits per heavy atom. The Morgan fingerprint density at radius 3 is 1.98 bits per heavy atom. The molecule has 13 heteroatoms. The average Bonchev–Trinajstić information content (AvgIpc) is 3.44. The molecule has 3 N–H and O–H groups in total. The topological polar surface area (TPSA) is 162 Å². The van der Waals surface area contributed by atoms with Gasteiger partial charge in [0.2, 0.25) is 0 Å². The van der Waals surface area contributed by atoms with Crippen LogP contribution >= 0.6 is 7.82 Å². The molecule has 0 saturated carbocycles. The molecule has 0 bridgehead atoms. The number of unbranched alkanes of at least 4 members (excludes halogenated alkanes) is 8. The number of phosphoric acid groups is 1. The quantitative estimate of drug-likeness (QED) is 0.0194. The predicted octanol–water partition coefficient (Wildman–Crippen LogP) is 9.73.